The zero-order chi connectivity index (χ0) is 22.2. The number of pyridine rings is 1. The Morgan fingerprint density at radius 1 is 1.23 bits per heavy atom. The summed E-state index contributed by atoms with van der Waals surface area (Å²) in [5, 5.41) is 10.4. The quantitative estimate of drug-likeness (QED) is 0.631. The third-order valence-electron chi connectivity index (χ3n) is 6.36. The van der Waals surface area contributed by atoms with Gasteiger partial charge in [-0.2, -0.15) is 0 Å². The van der Waals surface area contributed by atoms with Gasteiger partial charge in [0.2, 0.25) is 5.91 Å². The Morgan fingerprint density at radius 2 is 2.03 bits per heavy atom. The fourth-order valence-corrected chi connectivity index (χ4v) is 4.28. The number of carboxylic acid groups (broad SMARTS) is 1. The molecule has 164 valence electrons. The van der Waals surface area contributed by atoms with Gasteiger partial charge < -0.3 is 19.1 Å². The number of aliphatic carboxylic acids is 1. The van der Waals surface area contributed by atoms with Crippen LogP contribution in [-0.4, -0.2) is 47.5 Å². The summed E-state index contributed by atoms with van der Waals surface area (Å²) in [6.07, 6.45) is 7.72. The Morgan fingerprint density at radius 3 is 2.74 bits per heavy atom. The first kappa shape index (κ1) is 21.1. The minimum atomic E-state index is -0.825. The second-order valence-electron chi connectivity index (χ2n) is 8.95. The van der Waals surface area contributed by atoms with Crippen molar-refractivity contribution < 1.29 is 14.7 Å². The molecular weight excluding hydrogens is 394 g/mol. The summed E-state index contributed by atoms with van der Waals surface area (Å²) >= 11 is 0. The highest BCUT2D eigenvalue weighted by Gasteiger charge is 2.29. The SMILES string of the molecule is Cn1ccnc1Cn1c2c(c3cccnc31)CCN(C(=O)CCCC(C)(C)C(=O)O)C2. The molecule has 0 saturated carbocycles. The van der Waals surface area contributed by atoms with Gasteiger partial charge in [0, 0.05) is 49.7 Å². The van der Waals surface area contributed by atoms with E-state index in [0.29, 0.717) is 38.9 Å². The summed E-state index contributed by atoms with van der Waals surface area (Å²) in [5.41, 5.74) is 2.48. The van der Waals surface area contributed by atoms with Gasteiger partial charge in [-0.1, -0.05) is 0 Å². The Balaban J connectivity index is 1.55. The van der Waals surface area contributed by atoms with Crippen molar-refractivity contribution in [1.82, 2.24) is 24.0 Å². The van der Waals surface area contributed by atoms with Crippen LogP contribution in [0.25, 0.3) is 11.0 Å². The predicted molar refractivity (Wildman–Crippen MR) is 116 cm³/mol. The van der Waals surface area contributed by atoms with E-state index in [-0.39, 0.29) is 5.91 Å². The molecule has 1 aliphatic rings. The van der Waals surface area contributed by atoms with Gasteiger partial charge in [-0.25, -0.2) is 9.97 Å². The number of aryl methyl sites for hydroxylation is 1. The average molecular weight is 424 g/mol. The Kier molecular flexibility index (Phi) is 5.56. The number of aromatic nitrogens is 4. The zero-order valence-electron chi connectivity index (χ0n) is 18.3. The van der Waals surface area contributed by atoms with Crippen LogP contribution in [-0.2, 0) is 36.1 Å². The minimum absolute atomic E-state index is 0.0774. The second kappa shape index (κ2) is 8.17. The van der Waals surface area contributed by atoms with Crippen molar-refractivity contribution in [3.8, 4) is 0 Å². The van der Waals surface area contributed by atoms with Crippen LogP contribution >= 0.6 is 0 Å². The fraction of sp³-hybridized carbons (Fsp3) is 0.478. The van der Waals surface area contributed by atoms with E-state index in [1.54, 1.807) is 26.2 Å². The standard InChI is InChI=1S/C23H29N5O3/c1-23(2,22(30)31)9-4-7-20(29)27-12-8-16-17-6-5-10-25-21(17)28(18(16)14-27)15-19-24-11-13-26(19)3/h5-6,10-11,13H,4,7-9,12,14-15H2,1-3H3,(H,30,31). The average Bonchev–Trinajstić information content (AvgIpc) is 3.29. The molecule has 31 heavy (non-hydrogen) atoms. The molecule has 3 aromatic rings. The summed E-state index contributed by atoms with van der Waals surface area (Å²) in [4.78, 5) is 35.2. The summed E-state index contributed by atoms with van der Waals surface area (Å²) in [6.45, 7) is 5.22. The molecule has 1 amide bonds. The molecule has 0 bridgehead atoms. The summed E-state index contributed by atoms with van der Waals surface area (Å²) in [5.74, 6) is 0.187. The Bertz CT molecular complexity index is 1130. The molecule has 0 atom stereocenters. The maximum absolute atomic E-state index is 12.9. The van der Waals surface area contributed by atoms with Gasteiger partial charge in [-0.15, -0.1) is 0 Å². The molecule has 0 fully saturated rings. The number of hydrogen-bond donors (Lipinski definition) is 1. The molecule has 4 rings (SSSR count). The second-order valence-corrected chi connectivity index (χ2v) is 8.95. The molecule has 8 heteroatoms. The first-order valence-corrected chi connectivity index (χ1v) is 10.7. The number of nitrogens with zero attached hydrogens (tertiary/aromatic N) is 5. The van der Waals surface area contributed by atoms with E-state index < -0.39 is 11.4 Å². The van der Waals surface area contributed by atoms with Crippen LogP contribution < -0.4 is 0 Å². The maximum atomic E-state index is 12.9. The third kappa shape index (κ3) is 4.06. The molecular formula is C23H29N5O3. The van der Waals surface area contributed by atoms with Crippen LogP contribution in [0.15, 0.2) is 30.7 Å². The van der Waals surface area contributed by atoms with Crippen LogP contribution in [0.2, 0.25) is 0 Å². The van der Waals surface area contributed by atoms with Gasteiger partial charge in [0.1, 0.15) is 11.5 Å². The lowest BCUT2D eigenvalue weighted by atomic mass is 9.87. The van der Waals surface area contributed by atoms with E-state index in [0.717, 1.165) is 29.0 Å². The molecule has 1 aliphatic heterocycles. The van der Waals surface area contributed by atoms with Crippen LogP contribution in [0, 0.1) is 5.41 Å². The highest BCUT2D eigenvalue weighted by atomic mass is 16.4. The van der Waals surface area contributed by atoms with Gasteiger partial charge in [-0.05, 0) is 50.8 Å². The molecule has 0 aromatic carbocycles. The van der Waals surface area contributed by atoms with Gasteiger partial charge in [0.05, 0.1) is 18.5 Å². The van der Waals surface area contributed by atoms with Gasteiger partial charge >= 0.3 is 5.97 Å². The largest absolute Gasteiger partial charge is 0.481 e. The highest BCUT2D eigenvalue weighted by molar-refractivity contribution is 5.84. The fourth-order valence-electron chi connectivity index (χ4n) is 4.28. The monoisotopic (exact) mass is 423 g/mol. The number of rotatable bonds is 7. The molecule has 0 radical (unpaired) electrons. The van der Waals surface area contributed by atoms with Crippen molar-refractivity contribution in [2.24, 2.45) is 12.5 Å². The number of carboxylic acids is 1. The van der Waals surface area contributed by atoms with E-state index in [2.05, 4.69) is 20.6 Å². The molecule has 8 nitrogen and oxygen atoms in total. The first-order valence-electron chi connectivity index (χ1n) is 10.7. The highest BCUT2D eigenvalue weighted by Crippen LogP contribution is 2.31. The number of carbonyl (C=O) groups is 2. The lowest BCUT2D eigenvalue weighted by molar-refractivity contribution is -0.147. The lowest BCUT2D eigenvalue weighted by Crippen LogP contribution is -2.37. The van der Waals surface area contributed by atoms with E-state index in [1.807, 2.05) is 28.8 Å². The minimum Gasteiger partial charge on any atom is -0.481 e. The number of carbonyl (C=O) groups excluding carboxylic acids is 1. The Labute approximate surface area is 181 Å². The number of fused-ring (bicyclic) bond motifs is 3. The first-order chi connectivity index (χ1) is 14.8. The summed E-state index contributed by atoms with van der Waals surface area (Å²) < 4.78 is 4.18. The predicted octanol–water partition coefficient (Wildman–Crippen LogP) is 2.98. The number of amides is 1. The van der Waals surface area contributed by atoms with Crippen molar-refractivity contribution >= 4 is 22.9 Å². The molecule has 0 spiro atoms. The van der Waals surface area contributed by atoms with E-state index in [1.165, 1.54) is 5.56 Å². The van der Waals surface area contributed by atoms with Gasteiger partial charge in [0.15, 0.2) is 0 Å². The molecule has 3 aromatic heterocycles. The van der Waals surface area contributed by atoms with Crippen molar-refractivity contribution in [2.75, 3.05) is 6.54 Å². The molecule has 0 saturated heterocycles. The topological polar surface area (TPSA) is 93.3 Å². The van der Waals surface area contributed by atoms with Crippen molar-refractivity contribution in [2.45, 2.75) is 52.6 Å². The van der Waals surface area contributed by atoms with E-state index in [9.17, 15) is 14.7 Å². The molecule has 0 unspecified atom stereocenters. The summed E-state index contributed by atoms with van der Waals surface area (Å²) in [7, 11) is 1.97. The van der Waals surface area contributed by atoms with Gasteiger partial charge in [0.25, 0.3) is 0 Å². The van der Waals surface area contributed by atoms with Crippen LogP contribution in [0.3, 0.4) is 0 Å². The molecule has 0 aliphatic carbocycles. The summed E-state index contributed by atoms with van der Waals surface area (Å²) in [6, 6.07) is 4.05. The number of imidazole rings is 1. The van der Waals surface area contributed by atoms with Crippen LogP contribution in [0.4, 0.5) is 0 Å². The lowest BCUT2D eigenvalue weighted by Gasteiger charge is -2.29. The van der Waals surface area contributed by atoms with E-state index in [4.69, 9.17) is 0 Å². The molecule has 4 heterocycles. The normalized spacial score (nSPS) is 14.1. The third-order valence-corrected chi connectivity index (χ3v) is 6.36. The van der Waals surface area contributed by atoms with Crippen molar-refractivity contribution in [3.63, 3.8) is 0 Å². The molecule has 1 N–H and O–H groups in total. The van der Waals surface area contributed by atoms with Gasteiger partial charge in [-0.3, -0.25) is 9.59 Å². The maximum Gasteiger partial charge on any atom is 0.309 e. The zero-order valence-corrected chi connectivity index (χ0v) is 18.3. The Hall–Kier alpha value is -3.16. The van der Waals surface area contributed by atoms with Crippen LogP contribution in [0.1, 0.15) is 50.2 Å². The van der Waals surface area contributed by atoms with Crippen molar-refractivity contribution in [1.29, 1.82) is 0 Å². The van der Waals surface area contributed by atoms with Crippen molar-refractivity contribution in [3.05, 3.63) is 47.8 Å². The number of hydrogen-bond acceptors (Lipinski definition) is 4. The van der Waals surface area contributed by atoms with E-state index >= 15 is 0 Å². The van der Waals surface area contributed by atoms with Crippen LogP contribution in [0.5, 0.6) is 0 Å². The smallest absolute Gasteiger partial charge is 0.309 e.